The summed E-state index contributed by atoms with van der Waals surface area (Å²) in [7, 11) is 0. The van der Waals surface area contributed by atoms with Gasteiger partial charge >= 0.3 is 0 Å². The van der Waals surface area contributed by atoms with Crippen molar-refractivity contribution < 1.29 is 0 Å². The van der Waals surface area contributed by atoms with Gasteiger partial charge in [-0.05, 0) is 24.1 Å². The Hall–Kier alpha value is -1.41. The van der Waals surface area contributed by atoms with Crippen LogP contribution in [0.1, 0.15) is 37.8 Å². The van der Waals surface area contributed by atoms with Crippen LogP contribution in [0, 0.1) is 0 Å². The lowest BCUT2D eigenvalue weighted by Gasteiger charge is -2.13. The number of hydrogen-bond donors (Lipinski definition) is 1. The van der Waals surface area contributed by atoms with Crippen molar-refractivity contribution >= 4 is 10.9 Å². The zero-order valence-corrected chi connectivity index (χ0v) is 9.69. The van der Waals surface area contributed by atoms with Crippen LogP contribution in [0.5, 0.6) is 0 Å². The normalized spacial score (nSPS) is 12.9. The molecule has 1 unspecified atom stereocenters. The summed E-state index contributed by atoms with van der Waals surface area (Å²) in [5.41, 5.74) is 8.47. The molecule has 0 aliphatic heterocycles. The van der Waals surface area contributed by atoms with Crippen LogP contribution in [0.3, 0.4) is 0 Å². The molecule has 84 valence electrons. The summed E-state index contributed by atoms with van der Waals surface area (Å²) in [6, 6.07) is 10.4. The van der Waals surface area contributed by atoms with E-state index in [0.717, 1.165) is 11.9 Å². The number of nitrogens with two attached hydrogens (primary N) is 1. The van der Waals surface area contributed by atoms with E-state index in [0.29, 0.717) is 0 Å². The van der Waals surface area contributed by atoms with Crippen molar-refractivity contribution in [1.82, 2.24) is 4.98 Å². The summed E-state index contributed by atoms with van der Waals surface area (Å²) in [4.78, 5) is 4.35. The van der Waals surface area contributed by atoms with E-state index in [-0.39, 0.29) is 6.04 Å². The van der Waals surface area contributed by atoms with E-state index in [1.54, 1.807) is 0 Å². The first-order chi connectivity index (χ1) is 7.83. The van der Waals surface area contributed by atoms with Gasteiger partial charge in [-0.15, -0.1) is 0 Å². The fourth-order valence-electron chi connectivity index (χ4n) is 2.03. The van der Waals surface area contributed by atoms with Crippen molar-refractivity contribution in [2.45, 2.75) is 32.2 Å². The maximum atomic E-state index is 6.22. The molecule has 0 radical (unpaired) electrons. The van der Waals surface area contributed by atoms with Crippen LogP contribution in [-0.2, 0) is 0 Å². The van der Waals surface area contributed by atoms with Gasteiger partial charge in [0, 0.05) is 17.6 Å². The maximum absolute atomic E-state index is 6.22. The van der Waals surface area contributed by atoms with Crippen molar-refractivity contribution in [3.05, 3.63) is 42.1 Å². The van der Waals surface area contributed by atoms with E-state index >= 15 is 0 Å². The van der Waals surface area contributed by atoms with E-state index in [9.17, 15) is 0 Å². The number of rotatable bonds is 4. The molecule has 2 aromatic rings. The molecular formula is C14H18N2. The molecule has 1 aromatic heterocycles. The minimum atomic E-state index is 0.132. The highest BCUT2D eigenvalue weighted by Gasteiger charge is 2.08. The van der Waals surface area contributed by atoms with Gasteiger partial charge in [-0.3, -0.25) is 4.98 Å². The summed E-state index contributed by atoms with van der Waals surface area (Å²) in [6.45, 7) is 2.19. The zero-order valence-electron chi connectivity index (χ0n) is 9.69. The van der Waals surface area contributed by atoms with Gasteiger partial charge in [0.25, 0.3) is 0 Å². The number of unbranched alkanes of at least 4 members (excludes halogenated alkanes) is 1. The molecule has 16 heavy (non-hydrogen) atoms. The Bertz CT molecular complexity index is 460. The summed E-state index contributed by atoms with van der Waals surface area (Å²) < 4.78 is 0. The molecular weight excluding hydrogens is 196 g/mol. The van der Waals surface area contributed by atoms with E-state index in [2.05, 4.69) is 24.0 Å². The molecule has 0 amide bonds. The Labute approximate surface area is 96.5 Å². The molecule has 1 atom stereocenters. The fraction of sp³-hybridized carbons (Fsp3) is 0.357. The monoisotopic (exact) mass is 214 g/mol. The smallest absolute Gasteiger partial charge is 0.0705 e. The predicted molar refractivity (Wildman–Crippen MR) is 68.2 cm³/mol. The first-order valence-electron chi connectivity index (χ1n) is 5.92. The SMILES string of the molecule is CCCCC(N)c1cccc2ncccc12. The summed E-state index contributed by atoms with van der Waals surface area (Å²) in [6.07, 6.45) is 5.24. The maximum Gasteiger partial charge on any atom is 0.0705 e. The first-order valence-corrected chi connectivity index (χ1v) is 5.92. The third-order valence-electron chi connectivity index (χ3n) is 2.95. The van der Waals surface area contributed by atoms with Crippen LogP contribution < -0.4 is 5.73 Å². The molecule has 1 heterocycles. The molecule has 0 saturated heterocycles. The van der Waals surface area contributed by atoms with Gasteiger partial charge in [0.2, 0.25) is 0 Å². The Morgan fingerprint density at radius 1 is 1.25 bits per heavy atom. The standard InChI is InChI=1S/C14H18N2/c1-2-3-8-13(15)11-6-4-9-14-12(11)7-5-10-16-14/h4-7,9-10,13H,2-3,8,15H2,1H3. The molecule has 0 spiro atoms. The number of pyridine rings is 1. The summed E-state index contributed by atoms with van der Waals surface area (Å²) >= 11 is 0. The molecule has 0 bridgehead atoms. The van der Waals surface area contributed by atoms with Crippen molar-refractivity contribution in [2.75, 3.05) is 0 Å². The highest BCUT2D eigenvalue weighted by atomic mass is 14.7. The van der Waals surface area contributed by atoms with Crippen molar-refractivity contribution in [3.8, 4) is 0 Å². The Kier molecular flexibility index (Phi) is 3.52. The van der Waals surface area contributed by atoms with Gasteiger partial charge < -0.3 is 5.73 Å². The van der Waals surface area contributed by atoms with E-state index in [1.165, 1.54) is 23.8 Å². The minimum Gasteiger partial charge on any atom is -0.324 e. The zero-order chi connectivity index (χ0) is 11.4. The van der Waals surface area contributed by atoms with Crippen molar-refractivity contribution in [2.24, 2.45) is 5.73 Å². The second-order valence-corrected chi connectivity index (χ2v) is 4.17. The summed E-state index contributed by atoms with van der Waals surface area (Å²) in [5.74, 6) is 0. The second-order valence-electron chi connectivity index (χ2n) is 4.17. The predicted octanol–water partition coefficient (Wildman–Crippen LogP) is 3.42. The van der Waals surface area contributed by atoms with Crippen LogP contribution in [0.4, 0.5) is 0 Å². The lowest BCUT2D eigenvalue weighted by Crippen LogP contribution is -2.10. The lowest BCUT2D eigenvalue weighted by molar-refractivity contribution is 0.606. The van der Waals surface area contributed by atoms with E-state index in [1.807, 2.05) is 24.4 Å². The third kappa shape index (κ3) is 2.22. The number of hydrogen-bond acceptors (Lipinski definition) is 2. The highest BCUT2D eigenvalue weighted by molar-refractivity contribution is 5.82. The molecule has 0 aliphatic carbocycles. The molecule has 2 nitrogen and oxygen atoms in total. The topological polar surface area (TPSA) is 38.9 Å². The van der Waals surface area contributed by atoms with Crippen LogP contribution in [-0.4, -0.2) is 4.98 Å². The third-order valence-corrected chi connectivity index (χ3v) is 2.95. The molecule has 2 heteroatoms. The van der Waals surface area contributed by atoms with Gasteiger partial charge in [0.15, 0.2) is 0 Å². The minimum absolute atomic E-state index is 0.132. The van der Waals surface area contributed by atoms with E-state index < -0.39 is 0 Å². The van der Waals surface area contributed by atoms with Crippen LogP contribution in [0.25, 0.3) is 10.9 Å². The Morgan fingerprint density at radius 2 is 2.12 bits per heavy atom. The first kappa shape index (κ1) is 11.1. The molecule has 2 rings (SSSR count). The van der Waals surface area contributed by atoms with Gasteiger partial charge in [0.05, 0.1) is 5.52 Å². The van der Waals surface area contributed by atoms with Crippen LogP contribution >= 0.6 is 0 Å². The van der Waals surface area contributed by atoms with Gasteiger partial charge in [-0.2, -0.15) is 0 Å². The quantitative estimate of drug-likeness (QED) is 0.846. The largest absolute Gasteiger partial charge is 0.324 e. The average Bonchev–Trinajstić information content (AvgIpc) is 2.35. The molecule has 0 saturated carbocycles. The molecule has 0 fully saturated rings. The van der Waals surface area contributed by atoms with Gasteiger partial charge in [-0.1, -0.05) is 38.0 Å². The number of benzene rings is 1. The van der Waals surface area contributed by atoms with Gasteiger partial charge in [0.1, 0.15) is 0 Å². The average molecular weight is 214 g/mol. The Balaban J connectivity index is 2.36. The fourth-order valence-corrected chi connectivity index (χ4v) is 2.03. The van der Waals surface area contributed by atoms with Crippen LogP contribution in [0.15, 0.2) is 36.5 Å². The van der Waals surface area contributed by atoms with Crippen LogP contribution in [0.2, 0.25) is 0 Å². The Morgan fingerprint density at radius 3 is 2.94 bits per heavy atom. The van der Waals surface area contributed by atoms with Gasteiger partial charge in [-0.25, -0.2) is 0 Å². The van der Waals surface area contributed by atoms with Crippen molar-refractivity contribution in [3.63, 3.8) is 0 Å². The molecule has 1 aromatic carbocycles. The molecule has 2 N–H and O–H groups in total. The number of nitrogens with zero attached hydrogens (tertiary/aromatic N) is 1. The number of fused-ring (bicyclic) bond motifs is 1. The molecule has 0 aliphatic rings. The number of aromatic nitrogens is 1. The summed E-state index contributed by atoms with van der Waals surface area (Å²) in [5, 5.41) is 1.19. The highest BCUT2D eigenvalue weighted by Crippen LogP contribution is 2.24. The van der Waals surface area contributed by atoms with E-state index in [4.69, 9.17) is 5.73 Å². The lowest BCUT2D eigenvalue weighted by atomic mass is 9.98. The second kappa shape index (κ2) is 5.08. The van der Waals surface area contributed by atoms with Crippen molar-refractivity contribution in [1.29, 1.82) is 0 Å².